The van der Waals surface area contributed by atoms with E-state index in [-0.39, 0.29) is 24.1 Å². The van der Waals surface area contributed by atoms with Gasteiger partial charge in [-0.1, -0.05) is 0 Å². The van der Waals surface area contributed by atoms with Crippen molar-refractivity contribution in [2.45, 2.75) is 12.8 Å². The summed E-state index contributed by atoms with van der Waals surface area (Å²) in [5.41, 5.74) is 5.93. The van der Waals surface area contributed by atoms with Gasteiger partial charge in [0.05, 0.1) is 5.41 Å². The number of carbonyl (C=O) groups is 1. The molecule has 0 saturated carbocycles. The zero-order valence-electron chi connectivity index (χ0n) is 11.5. The third-order valence-corrected chi connectivity index (χ3v) is 3.81. The maximum Gasteiger partial charge on any atom is 0.234 e. The van der Waals surface area contributed by atoms with Gasteiger partial charge in [0, 0.05) is 32.5 Å². The van der Waals surface area contributed by atoms with Crippen LogP contribution < -0.4 is 10.6 Å². The largest absolute Gasteiger partial charge is 0.381 e. The Balaban J connectivity index is 0.00000200. The third kappa shape index (κ3) is 3.29. The minimum atomic E-state index is -0.554. The van der Waals surface area contributed by atoms with Gasteiger partial charge in [-0.2, -0.15) is 0 Å². The number of rotatable bonds is 3. The molecule has 6 heteroatoms. The molecule has 0 spiro atoms. The van der Waals surface area contributed by atoms with Gasteiger partial charge in [0.1, 0.15) is 5.82 Å². The van der Waals surface area contributed by atoms with Gasteiger partial charge in [0.15, 0.2) is 0 Å². The molecule has 1 saturated heterocycles. The minimum Gasteiger partial charge on any atom is -0.381 e. The lowest BCUT2D eigenvalue weighted by Crippen LogP contribution is -2.49. The van der Waals surface area contributed by atoms with Crippen LogP contribution in [0.25, 0.3) is 0 Å². The summed E-state index contributed by atoms with van der Waals surface area (Å²) >= 11 is 0. The lowest BCUT2D eigenvalue weighted by atomic mass is 9.79. The SMILES string of the molecule is CN(C(=O)C1(CN)CCOCC1)c1ccc(F)cc1.Cl. The van der Waals surface area contributed by atoms with Crippen LogP contribution in [-0.4, -0.2) is 32.7 Å². The van der Waals surface area contributed by atoms with Crippen molar-refractivity contribution in [3.63, 3.8) is 0 Å². The Kier molecular flexibility index (Phi) is 5.92. The molecule has 20 heavy (non-hydrogen) atoms. The molecule has 1 fully saturated rings. The normalized spacial score (nSPS) is 17.1. The highest BCUT2D eigenvalue weighted by Crippen LogP contribution is 2.32. The quantitative estimate of drug-likeness (QED) is 0.929. The minimum absolute atomic E-state index is 0. The summed E-state index contributed by atoms with van der Waals surface area (Å²) in [4.78, 5) is 14.2. The highest BCUT2D eigenvalue weighted by Gasteiger charge is 2.40. The van der Waals surface area contributed by atoms with Crippen molar-refractivity contribution >= 4 is 24.0 Å². The van der Waals surface area contributed by atoms with Crippen LogP contribution in [0.5, 0.6) is 0 Å². The predicted molar refractivity (Wildman–Crippen MR) is 78.6 cm³/mol. The Bertz CT molecular complexity index is 447. The van der Waals surface area contributed by atoms with Gasteiger partial charge < -0.3 is 15.4 Å². The zero-order chi connectivity index (χ0) is 13.9. The molecule has 2 rings (SSSR count). The van der Waals surface area contributed by atoms with Crippen molar-refractivity contribution in [2.75, 3.05) is 31.7 Å². The molecule has 1 heterocycles. The fourth-order valence-corrected chi connectivity index (χ4v) is 2.41. The summed E-state index contributed by atoms with van der Waals surface area (Å²) in [5.74, 6) is -0.339. The topological polar surface area (TPSA) is 55.6 Å². The predicted octanol–water partition coefficient (Wildman–Crippen LogP) is 1.97. The monoisotopic (exact) mass is 302 g/mol. The number of halogens is 2. The second-order valence-electron chi connectivity index (χ2n) is 4.94. The van der Waals surface area contributed by atoms with E-state index in [0.29, 0.717) is 38.3 Å². The molecule has 0 atom stereocenters. The van der Waals surface area contributed by atoms with Crippen LogP contribution in [0, 0.1) is 11.2 Å². The first-order valence-corrected chi connectivity index (χ1v) is 6.41. The van der Waals surface area contributed by atoms with Crippen LogP contribution in [0.3, 0.4) is 0 Å². The third-order valence-electron chi connectivity index (χ3n) is 3.81. The Morgan fingerprint density at radius 3 is 2.40 bits per heavy atom. The second kappa shape index (κ2) is 7.02. The van der Waals surface area contributed by atoms with Gasteiger partial charge in [-0.15, -0.1) is 12.4 Å². The fourth-order valence-electron chi connectivity index (χ4n) is 2.41. The molecular weight excluding hydrogens is 283 g/mol. The number of ether oxygens (including phenoxy) is 1. The lowest BCUT2D eigenvalue weighted by molar-refractivity contribution is -0.132. The molecule has 2 N–H and O–H groups in total. The molecule has 112 valence electrons. The average Bonchev–Trinajstić information content (AvgIpc) is 2.47. The standard InChI is InChI=1S/C14H19FN2O2.ClH/c1-17(12-4-2-11(15)3-5-12)13(18)14(10-16)6-8-19-9-7-14;/h2-5H,6-10,16H2,1H3;1H. The van der Waals surface area contributed by atoms with Crippen molar-refractivity contribution in [1.82, 2.24) is 0 Å². The summed E-state index contributed by atoms with van der Waals surface area (Å²) in [6, 6.07) is 5.88. The van der Waals surface area contributed by atoms with E-state index in [1.807, 2.05) is 0 Å². The van der Waals surface area contributed by atoms with Gasteiger partial charge >= 0.3 is 0 Å². The molecule has 1 aromatic rings. The Morgan fingerprint density at radius 2 is 1.90 bits per heavy atom. The van der Waals surface area contributed by atoms with Crippen molar-refractivity contribution in [3.05, 3.63) is 30.1 Å². The smallest absolute Gasteiger partial charge is 0.234 e. The Labute approximate surface area is 124 Å². The van der Waals surface area contributed by atoms with Crippen molar-refractivity contribution in [2.24, 2.45) is 11.1 Å². The van der Waals surface area contributed by atoms with E-state index in [0.717, 1.165) is 0 Å². The molecule has 0 aromatic heterocycles. The molecule has 1 aliphatic heterocycles. The van der Waals surface area contributed by atoms with E-state index in [9.17, 15) is 9.18 Å². The molecule has 0 radical (unpaired) electrons. The van der Waals surface area contributed by atoms with Gasteiger partial charge in [-0.05, 0) is 37.1 Å². The molecule has 1 amide bonds. The van der Waals surface area contributed by atoms with Crippen molar-refractivity contribution in [1.29, 1.82) is 0 Å². The summed E-state index contributed by atoms with van der Waals surface area (Å²) in [6.45, 7) is 1.42. The van der Waals surface area contributed by atoms with Crippen LogP contribution in [0.1, 0.15) is 12.8 Å². The first-order valence-electron chi connectivity index (χ1n) is 6.41. The maximum absolute atomic E-state index is 12.9. The van der Waals surface area contributed by atoms with E-state index in [1.54, 1.807) is 24.1 Å². The molecule has 4 nitrogen and oxygen atoms in total. The molecular formula is C14H20ClFN2O2. The van der Waals surface area contributed by atoms with Gasteiger partial charge in [0.2, 0.25) is 5.91 Å². The molecule has 0 unspecified atom stereocenters. The summed E-state index contributed by atoms with van der Waals surface area (Å²) < 4.78 is 18.2. The van der Waals surface area contributed by atoms with E-state index < -0.39 is 5.41 Å². The van der Waals surface area contributed by atoms with Crippen LogP contribution in [0.4, 0.5) is 10.1 Å². The summed E-state index contributed by atoms with van der Waals surface area (Å²) in [7, 11) is 1.70. The lowest BCUT2D eigenvalue weighted by Gasteiger charge is -2.37. The highest BCUT2D eigenvalue weighted by atomic mass is 35.5. The fraction of sp³-hybridized carbons (Fsp3) is 0.500. The van der Waals surface area contributed by atoms with E-state index in [1.165, 1.54) is 12.1 Å². The first kappa shape index (κ1) is 16.9. The number of hydrogen-bond donors (Lipinski definition) is 1. The molecule has 1 aromatic carbocycles. The molecule has 0 aliphatic carbocycles. The zero-order valence-corrected chi connectivity index (χ0v) is 12.3. The van der Waals surface area contributed by atoms with Gasteiger partial charge in [0.25, 0.3) is 0 Å². The van der Waals surface area contributed by atoms with Gasteiger partial charge in [-0.25, -0.2) is 4.39 Å². The van der Waals surface area contributed by atoms with Crippen molar-refractivity contribution in [3.8, 4) is 0 Å². The van der Waals surface area contributed by atoms with Crippen LogP contribution in [0.2, 0.25) is 0 Å². The summed E-state index contributed by atoms with van der Waals surface area (Å²) in [6.07, 6.45) is 1.27. The molecule has 1 aliphatic rings. The van der Waals surface area contributed by atoms with E-state index >= 15 is 0 Å². The van der Waals surface area contributed by atoms with Crippen LogP contribution in [-0.2, 0) is 9.53 Å². The van der Waals surface area contributed by atoms with Crippen molar-refractivity contribution < 1.29 is 13.9 Å². The highest BCUT2D eigenvalue weighted by molar-refractivity contribution is 5.97. The van der Waals surface area contributed by atoms with Crippen LogP contribution in [0.15, 0.2) is 24.3 Å². The number of amides is 1. The Hall–Kier alpha value is -1.17. The average molecular weight is 303 g/mol. The van der Waals surface area contributed by atoms with E-state index in [4.69, 9.17) is 10.5 Å². The van der Waals surface area contributed by atoms with Crippen LogP contribution >= 0.6 is 12.4 Å². The Morgan fingerprint density at radius 1 is 1.35 bits per heavy atom. The van der Waals surface area contributed by atoms with Gasteiger partial charge in [-0.3, -0.25) is 4.79 Å². The van der Waals surface area contributed by atoms with E-state index in [2.05, 4.69) is 0 Å². The number of anilines is 1. The maximum atomic E-state index is 12.9. The molecule has 0 bridgehead atoms. The number of benzene rings is 1. The number of nitrogens with zero attached hydrogens (tertiary/aromatic N) is 1. The second-order valence-corrected chi connectivity index (χ2v) is 4.94. The summed E-state index contributed by atoms with van der Waals surface area (Å²) in [5, 5.41) is 0. The number of hydrogen-bond acceptors (Lipinski definition) is 3. The number of nitrogens with two attached hydrogens (primary N) is 1. The number of carbonyl (C=O) groups excluding carboxylic acids is 1. The first-order chi connectivity index (χ1) is 9.09.